The Kier molecular flexibility index (Phi) is 4.65. The minimum atomic E-state index is 0.183. The molecule has 2 heteroatoms. The highest BCUT2D eigenvalue weighted by atomic mass is 15.0. The van der Waals surface area contributed by atoms with Gasteiger partial charge < -0.3 is 10.6 Å². The van der Waals surface area contributed by atoms with Gasteiger partial charge in [-0.3, -0.25) is 0 Å². The smallest absolute Gasteiger partial charge is 0.0557 e. The van der Waals surface area contributed by atoms with E-state index in [2.05, 4.69) is 110 Å². The molecule has 0 aromatic heterocycles. The second kappa shape index (κ2) is 7.11. The molecule has 2 nitrogen and oxygen atoms in total. The maximum atomic E-state index is 3.75. The lowest BCUT2D eigenvalue weighted by Gasteiger charge is -2.34. The first kappa shape index (κ1) is 17.7. The first-order valence-corrected chi connectivity index (χ1v) is 9.78. The van der Waals surface area contributed by atoms with Crippen LogP contribution < -0.4 is 10.6 Å². The van der Waals surface area contributed by atoms with Crippen LogP contribution in [0.4, 0.5) is 11.4 Å². The molecular weight excluding hydrogens is 328 g/mol. The molecule has 27 heavy (non-hydrogen) atoms. The number of nitrogens with one attached hydrogen (secondary N) is 2. The van der Waals surface area contributed by atoms with Gasteiger partial charge in [-0.2, -0.15) is 0 Å². The number of benzene rings is 3. The minimum Gasteiger partial charge on any atom is -0.378 e. The van der Waals surface area contributed by atoms with E-state index in [0.29, 0.717) is 6.04 Å². The average Bonchev–Trinajstić information content (AvgIpc) is 2.68. The molecule has 0 bridgehead atoms. The summed E-state index contributed by atoms with van der Waals surface area (Å²) in [6.45, 7) is 6.78. The fourth-order valence-corrected chi connectivity index (χ4v) is 3.85. The summed E-state index contributed by atoms with van der Waals surface area (Å²) in [5.41, 5.74) is 6.63. The third kappa shape index (κ3) is 3.85. The zero-order valence-electron chi connectivity index (χ0n) is 16.4. The molecule has 0 spiro atoms. The van der Waals surface area contributed by atoms with Gasteiger partial charge in [0.05, 0.1) is 12.1 Å². The van der Waals surface area contributed by atoms with Crippen molar-refractivity contribution in [2.75, 3.05) is 10.6 Å². The van der Waals surface area contributed by atoms with E-state index in [4.69, 9.17) is 0 Å². The molecule has 138 valence electrons. The Morgan fingerprint density at radius 3 is 2.19 bits per heavy atom. The van der Waals surface area contributed by atoms with Gasteiger partial charge in [0, 0.05) is 11.4 Å². The summed E-state index contributed by atoms with van der Waals surface area (Å²) in [7, 11) is 0. The van der Waals surface area contributed by atoms with Crippen molar-refractivity contribution in [2.45, 2.75) is 44.7 Å². The van der Waals surface area contributed by atoms with Gasteiger partial charge in [-0.25, -0.2) is 0 Å². The van der Waals surface area contributed by atoms with Crippen molar-refractivity contribution in [3.05, 3.63) is 95.6 Å². The highest BCUT2D eigenvalue weighted by molar-refractivity contribution is 5.59. The molecule has 2 N–H and O–H groups in total. The largest absolute Gasteiger partial charge is 0.378 e. The third-order valence-corrected chi connectivity index (χ3v) is 5.43. The number of rotatable bonds is 3. The summed E-state index contributed by atoms with van der Waals surface area (Å²) in [5, 5.41) is 7.48. The monoisotopic (exact) mass is 356 g/mol. The Bertz CT molecular complexity index is 892. The van der Waals surface area contributed by atoms with Crippen LogP contribution in [0.2, 0.25) is 0 Å². The molecule has 1 aliphatic rings. The first-order valence-electron chi connectivity index (χ1n) is 9.78. The van der Waals surface area contributed by atoms with E-state index in [0.717, 1.165) is 6.42 Å². The molecule has 3 aromatic carbocycles. The normalized spacial score (nSPS) is 19.1. The Hall–Kier alpha value is -2.74. The molecule has 4 rings (SSSR count). The molecule has 1 heterocycles. The summed E-state index contributed by atoms with van der Waals surface area (Å²) >= 11 is 0. The molecule has 2 unspecified atom stereocenters. The van der Waals surface area contributed by atoms with E-state index < -0.39 is 0 Å². The Balaban J connectivity index is 1.62. The van der Waals surface area contributed by atoms with Gasteiger partial charge in [-0.15, -0.1) is 0 Å². The van der Waals surface area contributed by atoms with Crippen LogP contribution in [0.1, 0.15) is 56.0 Å². The Labute approximate surface area is 162 Å². The lowest BCUT2D eigenvalue weighted by molar-refractivity contribution is 0.580. The average molecular weight is 357 g/mol. The molecule has 3 aromatic rings. The van der Waals surface area contributed by atoms with Gasteiger partial charge in [0.15, 0.2) is 0 Å². The molecule has 0 amide bonds. The standard InChI is InChI=1S/C25H28N2/c1-25(2,3)19-15-13-18(14-16-19)23-17-24(26-20-9-5-4-6-10-20)21-11-7-8-12-22(21)27-23/h4-16,23-24,26-27H,17H2,1-3H3. The Morgan fingerprint density at radius 2 is 1.48 bits per heavy atom. The number of hydrogen-bond acceptors (Lipinski definition) is 2. The summed E-state index contributed by atoms with van der Waals surface area (Å²) < 4.78 is 0. The fraction of sp³-hybridized carbons (Fsp3) is 0.280. The zero-order valence-corrected chi connectivity index (χ0v) is 16.4. The van der Waals surface area contributed by atoms with Crippen LogP contribution >= 0.6 is 0 Å². The van der Waals surface area contributed by atoms with E-state index in [1.807, 2.05) is 0 Å². The van der Waals surface area contributed by atoms with Crippen molar-refractivity contribution in [1.82, 2.24) is 0 Å². The van der Waals surface area contributed by atoms with Gasteiger partial charge in [-0.1, -0.05) is 81.4 Å². The topological polar surface area (TPSA) is 24.1 Å². The van der Waals surface area contributed by atoms with Crippen molar-refractivity contribution in [2.24, 2.45) is 0 Å². The van der Waals surface area contributed by atoms with Gasteiger partial charge in [0.25, 0.3) is 0 Å². The predicted octanol–water partition coefficient (Wildman–Crippen LogP) is 6.69. The van der Waals surface area contributed by atoms with E-state index in [1.165, 1.54) is 28.1 Å². The van der Waals surface area contributed by atoms with Crippen LogP contribution in [0, 0.1) is 0 Å². The predicted molar refractivity (Wildman–Crippen MR) is 115 cm³/mol. The van der Waals surface area contributed by atoms with Crippen LogP contribution in [0.15, 0.2) is 78.9 Å². The molecule has 1 aliphatic heterocycles. The summed E-state index contributed by atoms with van der Waals surface area (Å²) in [6.07, 6.45) is 1.01. The van der Waals surface area contributed by atoms with Gasteiger partial charge in [-0.05, 0) is 46.7 Å². The second-order valence-corrected chi connectivity index (χ2v) is 8.45. The van der Waals surface area contributed by atoms with E-state index in [1.54, 1.807) is 0 Å². The maximum Gasteiger partial charge on any atom is 0.0557 e. The zero-order chi connectivity index (χ0) is 18.9. The molecule has 0 saturated carbocycles. The molecule has 2 atom stereocenters. The van der Waals surface area contributed by atoms with Crippen molar-refractivity contribution in [3.63, 3.8) is 0 Å². The minimum absolute atomic E-state index is 0.183. The van der Waals surface area contributed by atoms with Crippen LogP contribution in [-0.4, -0.2) is 0 Å². The van der Waals surface area contributed by atoms with E-state index >= 15 is 0 Å². The highest BCUT2D eigenvalue weighted by Gasteiger charge is 2.27. The quantitative estimate of drug-likeness (QED) is 0.546. The number of fused-ring (bicyclic) bond motifs is 1. The van der Waals surface area contributed by atoms with Crippen molar-refractivity contribution >= 4 is 11.4 Å². The lowest BCUT2D eigenvalue weighted by Crippen LogP contribution is -2.25. The third-order valence-electron chi connectivity index (χ3n) is 5.43. The highest BCUT2D eigenvalue weighted by Crippen LogP contribution is 2.40. The van der Waals surface area contributed by atoms with Crippen molar-refractivity contribution in [1.29, 1.82) is 0 Å². The second-order valence-electron chi connectivity index (χ2n) is 8.45. The fourth-order valence-electron chi connectivity index (χ4n) is 3.85. The van der Waals surface area contributed by atoms with Gasteiger partial charge >= 0.3 is 0 Å². The molecule has 0 fully saturated rings. The van der Waals surface area contributed by atoms with E-state index in [-0.39, 0.29) is 11.5 Å². The van der Waals surface area contributed by atoms with Crippen LogP contribution in [0.5, 0.6) is 0 Å². The molecule has 0 saturated heterocycles. The maximum absolute atomic E-state index is 3.75. The number of hydrogen-bond donors (Lipinski definition) is 2. The van der Waals surface area contributed by atoms with Crippen molar-refractivity contribution in [3.8, 4) is 0 Å². The van der Waals surface area contributed by atoms with Crippen LogP contribution in [0.25, 0.3) is 0 Å². The molecule has 0 aliphatic carbocycles. The molecular formula is C25H28N2. The summed E-state index contributed by atoms with van der Waals surface area (Å²) in [6, 6.07) is 28.8. The van der Waals surface area contributed by atoms with Crippen LogP contribution in [-0.2, 0) is 5.41 Å². The lowest BCUT2D eigenvalue weighted by atomic mass is 9.84. The summed E-state index contributed by atoms with van der Waals surface area (Å²) in [4.78, 5) is 0. The van der Waals surface area contributed by atoms with Gasteiger partial charge in [0.1, 0.15) is 0 Å². The first-order chi connectivity index (χ1) is 13.0. The van der Waals surface area contributed by atoms with Crippen molar-refractivity contribution < 1.29 is 0 Å². The number of anilines is 2. The van der Waals surface area contributed by atoms with Crippen LogP contribution in [0.3, 0.4) is 0 Å². The van der Waals surface area contributed by atoms with Gasteiger partial charge in [0.2, 0.25) is 0 Å². The molecule has 0 radical (unpaired) electrons. The Morgan fingerprint density at radius 1 is 0.815 bits per heavy atom. The van der Waals surface area contributed by atoms with E-state index in [9.17, 15) is 0 Å². The number of para-hydroxylation sites is 2. The summed E-state index contributed by atoms with van der Waals surface area (Å²) in [5.74, 6) is 0. The SMILES string of the molecule is CC(C)(C)c1ccc(C2CC(Nc3ccccc3)c3ccccc3N2)cc1.